The number of ether oxygens (including phenoxy) is 4. The second-order valence-electron chi connectivity index (χ2n) is 7.45. The third-order valence-electron chi connectivity index (χ3n) is 5.66. The number of oxime groups is 1. The molecule has 7 nitrogen and oxygen atoms in total. The number of carbonyl (C=O) groups excluding carboxylic acids is 1. The molecule has 2 aromatic carbocycles. The van der Waals surface area contributed by atoms with Crippen molar-refractivity contribution in [2.24, 2.45) is 11.1 Å². The van der Waals surface area contributed by atoms with Crippen molar-refractivity contribution in [3.05, 3.63) is 64.4 Å². The first-order chi connectivity index (χ1) is 15.0. The van der Waals surface area contributed by atoms with E-state index in [9.17, 15) is 10.0 Å². The number of carbonyl (C=O) groups is 1. The lowest BCUT2D eigenvalue weighted by Gasteiger charge is -2.37. The summed E-state index contributed by atoms with van der Waals surface area (Å²) >= 11 is 6.49. The molecule has 1 spiro atoms. The molecule has 0 amide bonds. The number of allylic oxidation sites excluding steroid dienone is 1. The minimum Gasteiger partial charge on any atom is -0.496 e. The Kier molecular flexibility index (Phi) is 5.54. The van der Waals surface area contributed by atoms with Gasteiger partial charge in [-0.05, 0) is 5.56 Å². The number of halogens is 1. The van der Waals surface area contributed by atoms with Crippen LogP contribution >= 0.6 is 11.6 Å². The van der Waals surface area contributed by atoms with Gasteiger partial charge >= 0.3 is 0 Å². The highest BCUT2D eigenvalue weighted by molar-refractivity contribution is 6.35. The lowest BCUT2D eigenvalue weighted by Crippen LogP contribution is -2.51. The van der Waals surface area contributed by atoms with Crippen LogP contribution in [0.3, 0.4) is 0 Å². The van der Waals surface area contributed by atoms with Crippen molar-refractivity contribution in [2.75, 3.05) is 14.2 Å². The molecular formula is C23H22ClNO6. The van der Waals surface area contributed by atoms with Gasteiger partial charge in [-0.2, -0.15) is 0 Å². The maximum atomic E-state index is 13.8. The Labute approximate surface area is 184 Å². The van der Waals surface area contributed by atoms with Gasteiger partial charge in [-0.1, -0.05) is 54.0 Å². The zero-order chi connectivity index (χ0) is 22.2. The second kappa shape index (κ2) is 8.15. The Bertz CT molecular complexity index is 1080. The number of benzene rings is 2. The van der Waals surface area contributed by atoms with E-state index in [0.29, 0.717) is 23.6 Å². The standard InChI is InChI=1S/C23H22ClNO6/c1-13-9-15(25-27)10-18(30-12-14-7-5-4-6-8-14)23(13)22(26)19-16(28-2)11-17(29-3)20(24)21(19)31-23/h4-8,10-11,13,27H,9,12H2,1-3H3/b25-15+/t13-,23+/m1/s1. The largest absolute Gasteiger partial charge is 0.496 e. The predicted octanol–water partition coefficient (Wildman–Crippen LogP) is 4.64. The summed E-state index contributed by atoms with van der Waals surface area (Å²) < 4.78 is 23.1. The fourth-order valence-electron chi connectivity index (χ4n) is 4.06. The van der Waals surface area contributed by atoms with E-state index in [1.165, 1.54) is 14.2 Å². The fourth-order valence-corrected chi connectivity index (χ4v) is 4.32. The SMILES string of the molecule is COc1cc(OC)c2c(c1Cl)O[C@]1(C2=O)C(OCc2ccccc2)=C/C(=N/O)C[C@H]1C. The van der Waals surface area contributed by atoms with E-state index in [-0.39, 0.29) is 34.5 Å². The number of Topliss-reactive ketones (excluding diaryl/α,β-unsaturated/α-hetero) is 1. The fraction of sp³-hybridized carbons (Fsp3) is 0.304. The smallest absolute Gasteiger partial charge is 0.231 e. The summed E-state index contributed by atoms with van der Waals surface area (Å²) in [5.41, 5.74) is 0.0802. The van der Waals surface area contributed by atoms with Crippen LogP contribution in [0.5, 0.6) is 17.2 Å². The van der Waals surface area contributed by atoms with Crippen LogP contribution in [0.25, 0.3) is 0 Å². The molecule has 2 aliphatic rings. The summed E-state index contributed by atoms with van der Waals surface area (Å²) in [5.74, 6) is 0.344. The lowest BCUT2D eigenvalue weighted by molar-refractivity contribution is 0.00866. The molecular weight excluding hydrogens is 422 g/mol. The van der Waals surface area contributed by atoms with Crippen molar-refractivity contribution in [3.63, 3.8) is 0 Å². The van der Waals surface area contributed by atoms with Crippen LogP contribution in [-0.4, -0.2) is 36.5 Å². The van der Waals surface area contributed by atoms with E-state index in [2.05, 4.69) is 5.16 Å². The molecule has 162 valence electrons. The molecule has 2 aromatic rings. The molecule has 0 aromatic heterocycles. The highest BCUT2D eigenvalue weighted by Crippen LogP contribution is 2.54. The van der Waals surface area contributed by atoms with Gasteiger partial charge in [0, 0.05) is 24.5 Å². The molecule has 31 heavy (non-hydrogen) atoms. The van der Waals surface area contributed by atoms with E-state index >= 15 is 0 Å². The highest BCUT2D eigenvalue weighted by atomic mass is 35.5. The average molecular weight is 444 g/mol. The Hall–Kier alpha value is -3.19. The monoisotopic (exact) mass is 443 g/mol. The van der Waals surface area contributed by atoms with Crippen LogP contribution < -0.4 is 14.2 Å². The molecule has 1 aliphatic heterocycles. The normalized spacial score (nSPS) is 23.4. The van der Waals surface area contributed by atoms with Crippen molar-refractivity contribution in [1.82, 2.24) is 0 Å². The van der Waals surface area contributed by atoms with Crippen LogP contribution in [-0.2, 0) is 11.3 Å². The molecule has 1 aliphatic carbocycles. The van der Waals surface area contributed by atoms with Gasteiger partial charge in [0.25, 0.3) is 0 Å². The van der Waals surface area contributed by atoms with Crippen LogP contribution in [0.4, 0.5) is 0 Å². The van der Waals surface area contributed by atoms with E-state index in [0.717, 1.165) is 5.56 Å². The Balaban J connectivity index is 1.82. The van der Waals surface area contributed by atoms with Gasteiger partial charge in [-0.25, -0.2) is 0 Å². The summed E-state index contributed by atoms with van der Waals surface area (Å²) in [6, 6.07) is 11.1. The number of hydrogen-bond donors (Lipinski definition) is 1. The third kappa shape index (κ3) is 3.29. The zero-order valence-electron chi connectivity index (χ0n) is 17.3. The van der Waals surface area contributed by atoms with Crippen molar-refractivity contribution in [1.29, 1.82) is 0 Å². The van der Waals surface area contributed by atoms with Gasteiger partial charge in [0.05, 0.1) is 19.9 Å². The molecule has 0 radical (unpaired) electrons. The van der Waals surface area contributed by atoms with Crippen LogP contribution in [0.15, 0.2) is 53.4 Å². The van der Waals surface area contributed by atoms with Crippen molar-refractivity contribution >= 4 is 23.1 Å². The molecule has 0 saturated carbocycles. The third-order valence-corrected chi connectivity index (χ3v) is 6.02. The topological polar surface area (TPSA) is 86.6 Å². The molecule has 4 rings (SSSR count). The Morgan fingerprint density at radius 1 is 1.23 bits per heavy atom. The Morgan fingerprint density at radius 3 is 2.58 bits per heavy atom. The van der Waals surface area contributed by atoms with E-state index in [1.807, 2.05) is 37.3 Å². The number of rotatable bonds is 5. The van der Waals surface area contributed by atoms with E-state index in [1.54, 1.807) is 12.1 Å². The lowest BCUT2D eigenvalue weighted by atomic mass is 9.75. The van der Waals surface area contributed by atoms with Crippen molar-refractivity contribution in [2.45, 2.75) is 25.6 Å². The molecule has 0 saturated heterocycles. The minimum atomic E-state index is -1.46. The highest BCUT2D eigenvalue weighted by Gasteiger charge is 2.59. The Morgan fingerprint density at radius 2 is 1.94 bits per heavy atom. The van der Waals surface area contributed by atoms with E-state index in [4.69, 9.17) is 30.5 Å². The molecule has 0 bridgehead atoms. The predicted molar refractivity (Wildman–Crippen MR) is 115 cm³/mol. The summed E-state index contributed by atoms with van der Waals surface area (Å²) in [5, 5.41) is 12.9. The van der Waals surface area contributed by atoms with Crippen LogP contribution in [0, 0.1) is 5.92 Å². The number of hydrogen-bond acceptors (Lipinski definition) is 7. The van der Waals surface area contributed by atoms with E-state index < -0.39 is 11.5 Å². The molecule has 0 fully saturated rings. The minimum absolute atomic E-state index is 0.180. The summed E-state index contributed by atoms with van der Waals surface area (Å²) in [6.45, 7) is 2.05. The molecule has 0 unspecified atom stereocenters. The number of nitrogens with zero attached hydrogens (tertiary/aromatic N) is 1. The first-order valence-corrected chi connectivity index (χ1v) is 10.1. The first-order valence-electron chi connectivity index (χ1n) is 9.74. The maximum absolute atomic E-state index is 13.8. The van der Waals surface area contributed by atoms with Gasteiger partial charge in [-0.15, -0.1) is 0 Å². The van der Waals surface area contributed by atoms with Gasteiger partial charge in [-0.3, -0.25) is 4.79 Å². The second-order valence-corrected chi connectivity index (χ2v) is 7.82. The molecule has 1 N–H and O–H groups in total. The van der Waals surface area contributed by atoms with Gasteiger partial charge < -0.3 is 24.2 Å². The van der Waals surface area contributed by atoms with Crippen molar-refractivity contribution < 1.29 is 28.9 Å². The quantitative estimate of drug-likeness (QED) is 0.535. The number of fused-ring (bicyclic) bond motifs is 1. The van der Waals surface area contributed by atoms with Crippen LogP contribution in [0.2, 0.25) is 5.02 Å². The number of methoxy groups -OCH3 is 2. The molecule has 2 atom stereocenters. The van der Waals surface area contributed by atoms with Gasteiger partial charge in [0.15, 0.2) is 11.5 Å². The molecule has 1 heterocycles. The van der Waals surface area contributed by atoms with Crippen molar-refractivity contribution in [3.8, 4) is 17.2 Å². The summed E-state index contributed by atoms with van der Waals surface area (Å²) in [7, 11) is 2.94. The summed E-state index contributed by atoms with van der Waals surface area (Å²) in [6.07, 6.45) is 1.86. The first kappa shape index (κ1) is 21.1. The van der Waals surface area contributed by atoms with Gasteiger partial charge in [0.1, 0.15) is 28.7 Å². The average Bonchev–Trinajstić information content (AvgIpc) is 3.10. The van der Waals surface area contributed by atoms with Crippen LogP contribution in [0.1, 0.15) is 29.3 Å². The van der Waals surface area contributed by atoms with Gasteiger partial charge in [0.2, 0.25) is 11.4 Å². The number of ketones is 1. The zero-order valence-corrected chi connectivity index (χ0v) is 18.1. The molecule has 8 heteroatoms. The summed E-state index contributed by atoms with van der Waals surface area (Å²) in [4.78, 5) is 13.8. The maximum Gasteiger partial charge on any atom is 0.231 e.